The lowest BCUT2D eigenvalue weighted by Crippen LogP contribution is -2.00. The highest BCUT2D eigenvalue weighted by atomic mass is 16.1. The van der Waals surface area contributed by atoms with Gasteiger partial charge in [-0.2, -0.15) is 0 Å². The van der Waals surface area contributed by atoms with Gasteiger partial charge in [0, 0.05) is 24.0 Å². The van der Waals surface area contributed by atoms with Gasteiger partial charge in [0.1, 0.15) is 0 Å². The van der Waals surface area contributed by atoms with Gasteiger partial charge >= 0.3 is 0 Å². The molecule has 0 saturated heterocycles. The van der Waals surface area contributed by atoms with Gasteiger partial charge in [-0.1, -0.05) is 0 Å². The number of nitrogen functional groups attached to an aromatic ring is 1. The Morgan fingerprint density at radius 3 is 2.58 bits per heavy atom. The third kappa shape index (κ3) is 1.56. The molecule has 0 atom stereocenters. The van der Waals surface area contributed by atoms with Gasteiger partial charge in [-0.25, -0.2) is 0 Å². The normalized spacial score (nSPS) is 9.50. The van der Waals surface area contributed by atoms with Crippen LogP contribution in [0, 0.1) is 0 Å². The molecule has 0 bridgehead atoms. The van der Waals surface area contributed by atoms with Crippen LogP contribution in [0.25, 0.3) is 0 Å². The SMILES string of the molecule is CNc1ccc(C(C)=O)c(N)c1. The Kier molecular flexibility index (Phi) is 2.33. The molecule has 0 amide bonds. The quantitative estimate of drug-likeness (QED) is 0.514. The molecule has 0 aliphatic rings. The van der Waals surface area contributed by atoms with Crippen LogP contribution in [0.4, 0.5) is 11.4 Å². The summed E-state index contributed by atoms with van der Waals surface area (Å²) in [5, 5.41) is 2.94. The minimum atomic E-state index is -0.00449. The molecule has 0 unspecified atom stereocenters. The van der Waals surface area contributed by atoms with E-state index in [1.165, 1.54) is 6.92 Å². The van der Waals surface area contributed by atoms with E-state index in [2.05, 4.69) is 5.32 Å². The van der Waals surface area contributed by atoms with Crippen molar-refractivity contribution in [2.24, 2.45) is 0 Å². The van der Waals surface area contributed by atoms with Crippen LogP contribution in [0.15, 0.2) is 18.2 Å². The second-order valence-corrected chi connectivity index (χ2v) is 2.61. The summed E-state index contributed by atoms with van der Waals surface area (Å²) >= 11 is 0. The average molecular weight is 164 g/mol. The van der Waals surface area contributed by atoms with Crippen molar-refractivity contribution in [3.05, 3.63) is 23.8 Å². The number of carbonyl (C=O) groups is 1. The molecule has 0 radical (unpaired) electrons. The molecule has 3 heteroatoms. The van der Waals surface area contributed by atoms with Crippen molar-refractivity contribution >= 4 is 17.2 Å². The molecular formula is C9H12N2O. The van der Waals surface area contributed by atoms with Gasteiger partial charge in [-0.15, -0.1) is 0 Å². The molecule has 0 saturated carbocycles. The largest absolute Gasteiger partial charge is 0.398 e. The van der Waals surface area contributed by atoms with E-state index in [1.54, 1.807) is 12.1 Å². The third-order valence-corrected chi connectivity index (χ3v) is 1.72. The van der Waals surface area contributed by atoms with Gasteiger partial charge in [0.2, 0.25) is 0 Å². The summed E-state index contributed by atoms with van der Waals surface area (Å²) < 4.78 is 0. The van der Waals surface area contributed by atoms with Crippen LogP contribution in [0.3, 0.4) is 0 Å². The van der Waals surface area contributed by atoms with Crippen LogP contribution in [0.1, 0.15) is 17.3 Å². The van der Waals surface area contributed by atoms with Gasteiger partial charge in [-0.05, 0) is 25.1 Å². The van der Waals surface area contributed by atoms with Crippen molar-refractivity contribution < 1.29 is 4.79 Å². The van der Waals surface area contributed by atoms with Gasteiger partial charge in [0.05, 0.1) is 0 Å². The number of nitrogens with two attached hydrogens (primary N) is 1. The number of Topliss-reactive ketones (excluding diaryl/α,β-unsaturated/α-hetero) is 1. The highest BCUT2D eigenvalue weighted by Gasteiger charge is 2.03. The van der Waals surface area contributed by atoms with Crippen molar-refractivity contribution in [2.75, 3.05) is 18.1 Å². The molecule has 0 fully saturated rings. The third-order valence-electron chi connectivity index (χ3n) is 1.72. The summed E-state index contributed by atoms with van der Waals surface area (Å²) in [6, 6.07) is 5.30. The van der Waals surface area contributed by atoms with Crippen molar-refractivity contribution in [3.8, 4) is 0 Å². The van der Waals surface area contributed by atoms with Gasteiger partial charge in [0.15, 0.2) is 5.78 Å². The zero-order chi connectivity index (χ0) is 9.14. The monoisotopic (exact) mass is 164 g/mol. The molecule has 0 spiro atoms. The predicted octanol–water partition coefficient (Wildman–Crippen LogP) is 1.51. The Bertz CT molecular complexity index is 307. The summed E-state index contributed by atoms with van der Waals surface area (Å²) in [5.74, 6) is -0.00449. The summed E-state index contributed by atoms with van der Waals surface area (Å²) in [6.45, 7) is 1.50. The van der Waals surface area contributed by atoms with E-state index in [-0.39, 0.29) is 5.78 Å². The Morgan fingerprint density at radius 2 is 2.17 bits per heavy atom. The predicted molar refractivity (Wildman–Crippen MR) is 50.4 cm³/mol. The molecule has 0 heterocycles. The van der Waals surface area contributed by atoms with Crippen molar-refractivity contribution in [3.63, 3.8) is 0 Å². The lowest BCUT2D eigenvalue weighted by atomic mass is 10.1. The van der Waals surface area contributed by atoms with E-state index in [0.717, 1.165) is 5.69 Å². The standard InChI is InChI=1S/C9H12N2O/c1-6(12)8-4-3-7(11-2)5-9(8)10/h3-5,11H,10H2,1-2H3. The molecule has 0 aliphatic carbocycles. The van der Waals surface area contributed by atoms with Crippen molar-refractivity contribution in [1.82, 2.24) is 0 Å². The lowest BCUT2D eigenvalue weighted by Gasteiger charge is -2.04. The number of carbonyl (C=O) groups excluding carboxylic acids is 1. The average Bonchev–Trinajstić information content (AvgIpc) is 2.03. The molecule has 0 aromatic heterocycles. The Morgan fingerprint density at radius 1 is 1.50 bits per heavy atom. The summed E-state index contributed by atoms with van der Waals surface area (Å²) in [7, 11) is 1.81. The molecule has 3 nitrogen and oxygen atoms in total. The number of benzene rings is 1. The summed E-state index contributed by atoms with van der Waals surface area (Å²) in [4.78, 5) is 11.0. The van der Waals surface area contributed by atoms with E-state index < -0.39 is 0 Å². The smallest absolute Gasteiger partial charge is 0.161 e. The van der Waals surface area contributed by atoms with Crippen molar-refractivity contribution in [1.29, 1.82) is 0 Å². The number of hydrogen-bond acceptors (Lipinski definition) is 3. The first-order valence-corrected chi connectivity index (χ1v) is 3.73. The maximum Gasteiger partial charge on any atom is 0.161 e. The van der Waals surface area contributed by atoms with E-state index >= 15 is 0 Å². The molecule has 1 aromatic rings. The van der Waals surface area contributed by atoms with Gasteiger partial charge < -0.3 is 11.1 Å². The van der Waals surface area contributed by atoms with Crippen LogP contribution in [0.5, 0.6) is 0 Å². The summed E-state index contributed by atoms with van der Waals surface area (Å²) in [6.07, 6.45) is 0. The highest BCUT2D eigenvalue weighted by Crippen LogP contribution is 2.17. The van der Waals surface area contributed by atoms with Crippen LogP contribution in [0.2, 0.25) is 0 Å². The van der Waals surface area contributed by atoms with Crippen LogP contribution >= 0.6 is 0 Å². The number of anilines is 2. The molecule has 3 N–H and O–H groups in total. The fourth-order valence-electron chi connectivity index (χ4n) is 1.04. The molecule has 0 aliphatic heterocycles. The van der Waals surface area contributed by atoms with Crippen LogP contribution in [-0.4, -0.2) is 12.8 Å². The first-order valence-electron chi connectivity index (χ1n) is 3.73. The fourth-order valence-corrected chi connectivity index (χ4v) is 1.04. The molecule has 12 heavy (non-hydrogen) atoms. The Balaban J connectivity index is 3.12. The molecular weight excluding hydrogens is 152 g/mol. The second-order valence-electron chi connectivity index (χ2n) is 2.61. The first kappa shape index (κ1) is 8.59. The van der Waals surface area contributed by atoms with Gasteiger partial charge in [-0.3, -0.25) is 4.79 Å². The minimum absolute atomic E-state index is 0.00449. The van der Waals surface area contributed by atoms with Crippen LogP contribution in [-0.2, 0) is 0 Å². The molecule has 1 rings (SSSR count). The maximum absolute atomic E-state index is 11.0. The van der Waals surface area contributed by atoms with Crippen LogP contribution < -0.4 is 11.1 Å². The second kappa shape index (κ2) is 3.26. The van der Waals surface area contributed by atoms with E-state index in [0.29, 0.717) is 11.3 Å². The van der Waals surface area contributed by atoms with E-state index in [4.69, 9.17) is 5.73 Å². The van der Waals surface area contributed by atoms with E-state index in [1.807, 2.05) is 13.1 Å². The Labute approximate surface area is 71.6 Å². The Hall–Kier alpha value is -1.51. The van der Waals surface area contributed by atoms with Crippen molar-refractivity contribution in [2.45, 2.75) is 6.92 Å². The van der Waals surface area contributed by atoms with Gasteiger partial charge in [0.25, 0.3) is 0 Å². The number of nitrogens with one attached hydrogen (secondary N) is 1. The number of ketones is 1. The van der Waals surface area contributed by atoms with E-state index in [9.17, 15) is 4.79 Å². The number of rotatable bonds is 2. The zero-order valence-electron chi connectivity index (χ0n) is 7.22. The lowest BCUT2D eigenvalue weighted by molar-refractivity contribution is 0.101. The number of hydrogen-bond donors (Lipinski definition) is 2. The first-order chi connectivity index (χ1) is 5.65. The molecule has 64 valence electrons. The molecule has 1 aromatic carbocycles. The highest BCUT2D eigenvalue weighted by molar-refractivity contribution is 5.99. The minimum Gasteiger partial charge on any atom is -0.398 e. The zero-order valence-corrected chi connectivity index (χ0v) is 7.22. The maximum atomic E-state index is 11.0. The topological polar surface area (TPSA) is 55.1 Å². The summed E-state index contributed by atoms with van der Waals surface area (Å²) in [5.41, 5.74) is 7.65. The fraction of sp³-hybridized carbons (Fsp3) is 0.222.